The number of nitrogens with zero attached hydrogens (tertiary/aromatic N) is 1. The van der Waals surface area contributed by atoms with Crippen molar-refractivity contribution in [3.63, 3.8) is 0 Å². The van der Waals surface area contributed by atoms with E-state index < -0.39 is 47.8 Å². The predicted octanol–water partition coefficient (Wildman–Crippen LogP) is 4.72. The maximum Gasteiger partial charge on any atom is 0.573 e. The first-order chi connectivity index (χ1) is 15.7. The summed E-state index contributed by atoms with van der Waals surface area (Å²) in [5, 5.41) is 0. The van der Waals surface area contributed by atoms with E-state index in [1.54, 1.807) is 4.90 Å². The number of benzene rings is 2. The molecule has 0 aliphatic carbocycles. The molecular formula is C23H21F4NO5. The van der Waals surface area contributed by atoms with Crippen molar-refractivity contribution < 1.29 is 41.4 Å². The fourth-order valence-electron chi connectivity index (χ4n) is 4.32. The molecule has 2 bridgehead atoms. The normalized spacial score (nSPS) is 22.5. The number of amides is 1. The summed E-state index contributed by atoms with van der Waals surface area (Å²) in [5.41, 5.74) is 0.795. The largest absolute Gasteiger partial charge is 0.573 e. The van der Waals surface area contributed by atoms with E-state index in [4.69, 9.17) is 9.47 Å². The summed E-state index contributed by atoms with van der Waals surface area (Å²) in [6, 6.07) is 11.1. The summed E-state index contributed by atoms with van der Waals surface area (Å²) in [6.07, 6.45) is -4.98. The minimum atomic E-state index is -5.04. The quantitative estimate of drug-likeness (QED) is 0.470. The fourth-order valence-corrected chi connectivity index (χ4v) is 4.32. The highest BCUT2D eigenvalue weighted by atomic mass is 19.4. The number of carbonyl (C=O) groups excluding carboxylic acids is 2. The molecule has 0 N–H and O–H groups in total. The smallest absolute Gasteiger partial charge is 0.445 e. The minimum Gasteiger partial charge on any atom is -0.445 e. The summed E-state index contributed by atoms with van der Waals surface area (Å²) in [7, 11) is 0. The van der Waals surface area contributed by atoms with Crippen LogP contribution in [-0.4, -0.2) is 48.4 Å². The summed E-state index contributed by atoms with van der Waals surface area (Å²) in [4.78, 5) is 27.3. The Bertz CT molecular complexity index is 1000. The average molecular weight is 467 g/mol. The van der Waals surface area contributed by atoms with Gasteiger partial charge in [-0.15, -0.1) is 13.2 Å². The Hall–Kier alpha value is -3.14. The molecule has 1 amide bonds. The van der Waals surface area contributed by atoms with Crippen molar-refractivity contribution in [3.05, 3.63) is 65.5 Å². The van der Waals surface area contributed by atoms with Crippen molar-refractivity contribution in [1.29, 1.82) is 0 Å². The lowest BCUT2D eigenvalue weighted by Gasteiger charge is -2.47. The first kappa shape index (κ1) is 23.0. The van der Waals surface area contributed by atoms with E-state index in [2.05, 4.69) is 4.74 Å². The molecule has 0 radical (unpaired) electrons. The van der Waals surface area contributed by atoms with Gasteiger partial charge in [0.25, 0.3) is 0 Å². The van der Waals surface area contributed by atoms with Gasteiger partial charge in [0.15, 0.2) is 17.3 Å². The zero-order valence-corrected chi connectivity index (χ0v) is 17.4. The van der Waals surface area contributed by atoms with E-state index in [1.807, 2.05) is 30.3 Å². The number of rotatable bonds is 5. The van der Waals surface area contributed by atoms with Gasteiger partial charge in [0.05, 0.1) is 25.3 Å². The van der Waals surface area contributed by atoms with Crippen LogP contribution in [0.3, 0.4) is 0 Å². The van der Waals surface area contributed by atoms with Gasteiger partial charge in [0.1, 0.15) is 6.61 Å². The van der Waals surface area contributed by atoms with Crippen molar-refractivity contribution >= 4 is 11.9 Å². The Balaban J connectivity index is 1.42. The van der Waals surface area contributed by atoms with Gasteiger partial charge in [0.2, 0.25) is 0 Å². The van der Waals surface area contributed by atoms with Crippen LogP contribution in [-0.2, 0) is 16.1 Å². The number of alkyl halides is 3. The van der Waals surface area contributed by atoms with Crippen molar-refractivity contribution in [1.82, 2.24) is 4.90 Å². The molecule has 0 spiro atoms. The van der Waals surface area contributed by atoms with Crippen molar-refractivity contribution in [2.75, 3.05) is 13.2 Å². The monoisotopic (exact) mass is 467 g/mol. The molecule has 2 unspecified atom stereocenters. The number of morpholine rings is 1. The Morgan fingerprint density at radius 3 is 2.30 bits per heavy atom. The molecule has 2 aromatic carbocycles. The molecule has 2 heterocycles. The Kier molecular flexibility index (Phi) is 6.55. The predicted molar refractivity (Wildman–Crippen MR) is 107 cm³/mol. The average Bonchev–Trinajstić information content (AvgIpc) is 2.77. The zero-order chi connectivity index (χ0) is 23.6. The number of fused-ring (bicyclic) bond motifs is 2. The molecule has 4 rings (SSSR count). The molecule has 0 saturated carbocycles. The molecule has 2 aliphatic heterocycles. The molecule has 6 nitrogen and oxygen atoms in total. The first-order valence-corrected chi connectivity index (χ1v) is 10.4. The summed E-state index contributed by atoms with van der Waals surface area (Å²) < 4.78 is 65.7. The van der Waals surface area contributed by atoms with Crippen LogP contribution in [0.15, 0.2) is 48.5 Å². The number of piperidine rings is 1. The van der Waals surface area contributed by atoms with E-state index in [0.717, 1.165) is 23.8 Å². The third-order valence-corrected chi connectivity index (χ3v) is 5.75. The highest BCUT2D eigenvalue weighted by Crippen LogP contribution is 2.35. The van der Waals surface area contributed by atoms with Crippen LogP contribution in [0.5, 0.6) is 5.75 Å². The van der Waals surface area contributed by atoms with E-state index in [9.17, 15) is 27.2 Å². The third kappa shape index (κ3) is 5.44. The molecule has 2 saturated heterocycles. The number of ketones is 1. The third-order valence-electron chi connectivity index (χ3n) is 5.75. The molecule has 2 aliphatic rings. The summed E-state index contributed by atoms with van der Waals surface area (Å²) >= 11 is 0. The van der Waals surface area contributed by atoms with Crippen LogP contribution in [0.1, 0.15) is 28.8 Å². The maximum atomic E-state index is 14.1. The number of Topliss-reactive ketones (excluding diaryl/α,β-unsaturated/α-hetero) is 1. The maximum absolute atomic E-state index is 14.1. The first-order valence-electron chi connectivity index (χ1n) is 10.4. The number of ether oxygens (including phenoxy) is 3. The van der Waals surface area contributed by atoms with Crippen LogP contribution < -0.4 is 4.74 Å². The number of hydrogen-bond acceptors (Lipinski definition) is 5. The van der Waals surface area contributed by atoms with Crippen LogP contribution in [0, 0.1) is 11.7 Å². The van der Waals surface area contributed by atoms with Crippen LogP contribution in [0.2, 0.25) is 0 Å². The van der Waals surface area contributed by atoms with Crippen LogP contribution in [0.25, 0.3) is 0 Å². The topological polar surface area (TPSA) is 65.1 Å². The SMILES string of the molecule is O=C(c1ccc(OC(F)(F)F)c(F)c1)C1CC2COCC(C1)N2C(=O)OCc1ccccc1. The van der Waals surface area contributed by atoms with Crippen LogP contribution >= 0.6 is 0 Å². The van der Waals surface area contributed by atoms with Gasteiger partial charge in [-0.05, 0) is 36.6 Å². The standard InChI is InChI=1S/C23H21F4NO5/c24-19-10-15(6-7-20(19)33-23(25,26)27)21(29)16-8-17-12-31-13-18(9-16)28(17)22(30)32-11-14-4-2-1-3-5-14/h1-7,10,16-18H,8-9,11-13H2. The zero-order valence-electron chi connectivity index (χ0n) is 17.4. The van der Waals surface area contributed by atoms with Gasteiger partial charge >= 0.3 is 12.5 Å². The minimum absolute atomic E-state index is 0.0499. The highest BCUT2D eigenvalue weighted by Gasteiger charge is 2.44. The molecule has 33 heavy (non-hydrogen) atoms. The lowest BCUT2D eigenvalue weighted by Crippen LogP contribution is -2.59. The molecule has 2 fully saturated rings. The van der Waals surface area contributed by atoms with Crippen LogP contribution in [0.4, 0.5) is 22.4 Å². The second-order valence-corrected chi connectivity index (χ2v) is 8.02. The number of carbonyl (C=O) groups is 2. The van der Waals surface area contributed by atoms with Gasteiger partial charge in [-0.25, -0.2) is 9.18 Å². The van der Waals surface area contributed by atoms with Crippen molar-refractivity contribution in [2.45, 2.75) is 37.9 Å². The molecule has 176 valence electrons. The number of hydrogen-bond donors (Lipinski definition) is 0. The second-order valence-electron chi connectivity index (χ2n) is 8.02. The Morgan fingerprint density at radius 1 is 1.03 bits per heavy atom. The summed E-state index contributed by atoms with van der Waals surface area (Å²) in [5.74, 6) is -3.21. The van der Waals surface area contributed by atoms with E-state index in [-0.39, 0.29) is 38.2 Å². The Labute approximate surface area is 187 Å². The van der Waals surface area contributed by atoms with Gasteiger partial charge < -0.3 is 14.2 Å². The van der Waals surface area contributed by atoms with Gasteiger partial charge in [-0.2, -0.15) is 0 Å². The lowest BCUT2D eigenvalue weighted by molar-refractivity contribution is -0.275. The number of halogens is 4. The second kappa shape index (κ2) is 9.38. The molecule has 2 aromatic rings. The Morgan fingerprint density at radius 2 is 1.70 bits per heavy atom. The molecular weight excluding hydrogens is 446 g/mol. The lowest BCUT2D eigenvalue weighted by atomic mass is 9.81. The fraction of sp³-hybridized carbons (Fsp3) is 0.391. The van der Waals surface area contributed by atoms with E-state index in [1.165, 1.54) is 0 Å². The van der Waals surface area contributed by atoms with E-state index >= 15 is 0 Å². The molecule has 0 aromatic heterocycles. The van der Waals surface area contributed by atoms with Crippen molar-refractivity contribution in [2.24, 2.45) is 5.92 Å². The van der Waals surface area contributed by atoms with Gasteiger partial charge in [-0.3, -0.25) is 9.69 Å². The highest BCUT2D eigenvalue weighted by molar-refractivity contribution is 5.98. The van der Waals surface area contributed by atoms with Crippen molar-refractivity contribution in [3.8, 4) is 5.75 Å². The van der Waals surface area contributed by atoms with Gasteiger partial charge in [-0.1, -0.05) is 30.3 Å². The molecule has 10 heteroatoms. The molecule has 2 atom stereocenters. The van der Waals surface area contributed by atoms with E-state index in [0.29, 0.717) is 0 Å². The summed E-state index contributed by atoms with van der Waals surface area (Å²) in [6.45, 7) is 0.575. The van der Waals surface area contributed by atoms with Gasteiger partial charge in [0, 0.05) is 11.5 Å².